The van der Waals surface area contributed by atoms with Gasteiger partial charge in [0.05, 0.1) is 12.8 Å². The van der Waals surface area contributed by atoms with E-state index in [2.05, 4.69) is 70.5 Å². The van der Waals surface area contributed by atoms with E-state index in [-0.39, 0.29) is 24.8 Å². The summed E-state index contributed by atoms with van der Waals surface area (Å²) in [7, 11) is 3.99. The first-order valence-corrected chi connectivity index (χ1v) is 10.4. The van der Waals surface area contributed by atoms with Crippen molar-refractivity contribution in [3.05, 3.63) is 78.1 Å². The van der Waals surface area contributed by atoms with Crippen molar-refractivity contribution in [2.24, 2.45) is 11.8 Å². The molecule has 0 N–H and O–H groups in total. The molecule has 7 heteroatoms. The predicted octanol–water partition coefficient (Wildman–Crippen LogP) is 4.46. The summed E-state index contributed by atoms with van der Waals surface area (Å²) in [5.74, 6) is 2.37. The standard InChI is InChI=1S/C24H28N4O.2ClH/c1-26-15-20-16-27(14-18-4-8-21(9-5-18)28-13-3-12-25-28)17-23(20)24(26)19-6-10-22(29-2)11-7-19;;/h3-13,20,23-24H,14-17H2,1-2H3;2*1H/t20-,23+,24+;;/m0../s1. The molecule has 31 heavy (non-hydrogen) atoms. The summed E-state index contributed by atoms with van der Waals surface area (Å²) in [4.78, 5) is 5.16. The number of methoxy groups -OCH3 is 1. The Morgan fingerprint density at radius 1 is 0.968 bits per heavy atom. The van der Waals surface area contributed by atoms with E-state index in [0.29, 0.717) is 12.0 Å². The Balaban J connectivity index is 0.00000136. The zero-order valence-corrected chi connectivity index (χ0v) is 19.6. The second-order valence-corrected chi connectivity index (χ2v) is 8.39. The van der Waals surface area contributed by atoms with Crippen LogP contribution in [0.5, 0.6) is 5.75 Å². The van der Waals surface area contributed by atoms with Crippen molar-refractivity contribution in [2.75, 3.05) is 33.8 Å². The van der Waals surface area contributed by atoms with Gasteiger partial charge in [-0.05, 0) is 60.3 Å². The van der Waals surface area contributed by atoms with Gasteiger partial charge in [0.25, 0.3) is 0 Å². The summed E-state index contributed by atoms with van der Waals surface area (Å²) in [5, 5.41) is 4.31. The van der Waals surface area contributed by atoms with E-state index in [0.717, 1.165) is 30.4 Å². The number of fused-ring (bicyclic) bond motifs is 1. The van der Waals surface area contributed by atoms with Crippen LogP contribution in [0, 0.1) is 11.8 Å². The Labute approximate surface area is 196 Å². The molecular formula is C24H30Cl2N4O. The van der Waals surface area contributed by atoms with Crippen molar-refractivity contribution in [1.82, 2.24) is 19.6 Å². The molecule has 2 fully saturated rings. The maximum atomic E-state index is 5.33. The van der Waals surface area contributed by atoms with Crippen LogP contribution in [0.4, 0.5) is 0 Å². The van der Waals surface area contributed by atoms with Crippen LogP contribution < -0.4 is 4.74 Å². The first kappa shape index (κ1) is 23.6. The van der Waals surface area contributed by atoms with Crippen LogP contribution >= 0.6 is 24.8 Å². The minimum absolute atomic E-state index is 0. The lowest BCUT2D eigenvalue weighted by atomic mass is 9.89. The molecule has 0 spiro atoms. The third-order valence-electron chi connectivity index (χ3n) is 6.54. The largest absolute Gasteiger partial charge is 0.497 e. The van der Waals surface area contributed by atoms with Gasteiger partial charge >= 0.3 is 0 Å². The van der Waals surface area contributed by atoms with Gasteiger partial charge in [0.15, 0.2) is 0 Å². The highest BCUT2D eigenvalue weighted by atomic mass is 35.5. The zero-order chi connectivity index (χ0) is 19.8. The van der Waals surface area contributed by atoms with Crippen LogP contribution in [-0.2, 0) is 6.54 Å². The quantitative estimate of drug-likeness (QED) is 0.562. The van der Waals surface area contributed by atoms with Crippen LogP contribution in [0.25, 0.3) is 5.69 Å². The highest BCUT2D eigenvalue weighted by Gasteiger charge is 2.45. The summed E-state index contributed by atoms with van der Waals surface area (Å²) in [6, 6.07) is 19.9. The number of aromatic nitrogens is 2. The molecule has 166 valence electrons. The molecule has 5 rings (SSSR count). The lowest BCUT2D eigenvalue weighted by molar-refractivity contribution is 0.224. The fourth-order valence-electron chi connectivity index (χ4n) is 5.22. The van der Waals surface area contributed by atoms with E-state index in [1.54, 1.807) is 7.11 Å². The molecule has 3 aromatic rings. The van der Waals surface area contributed by atoms with Crippen molar-refractivity contribution in [1.29, 1.82) is 0 Å². The molecule has 0 amide bonds. The van der Waals surface area contributed by atoms with Gasteiger partial charge in [-0.25, -0.2) is 4.68 Å². The monoisotopic (exact) mass is 460 g/mol. The summed E-state index contributed by atoms with van der Waals surface area (Å²) in [5.41, 5.74) is 3.89. The Hall–Kier alpha value is -2.05. The third kappa shape index (κ3) is 4.75. The number of halogens is 2. The normalized spacial score (nSPS) is 23.1. The molecule has 0 bridgehead atoms. The van der Waals surface area contributed by atoms with E-state index in [1.165, 1.54) is 24.2 Å². The van der Waals surface area contributed by atoms with Crippen LogP contribution in [0.15, 0.2) is 67.0 Å². The van der Waals surface area contributed by atoms with Gasteiger partial charge in [0, 0.05) is 44.6 Å². The molecule has 1 aromatic heterocycles. The highest BCUT2D eigenvalue weighted by Crippen LogP contribution is 2.44. The number of benzene rings is 2. The Morgan fingerprint density at radius 2 is 1.71 bits per heavy atom. The van der Waals surface area contributed by atoms with Crippen LogP contribution in [0.2, 0.25) is 0 Å². The van der Waals surface area contributed by atoms with Crippen molar-refractivity contribution < 1.29 is 4.74 Å². The van der Waals surface area contributed by atoms with Gasteiger partial charge < -0.3 is 4.74 Å². The Kier molecular flexibility index (Phi) is 7.65. The molecule has 0 radical (unpaired) electrons. The number of rotatable bonds is 5. The van der Waals surface area contributed by atoms with Crippen molar-refractivity contribution in [3.63, 3.8) is 0 Å². The number of ether oxygens (including phenoxy) is 1. The fourth-order valence-corrected chi connectivity index (χ4v) is 5.22. The van der Waals surface area contributed by atoms with Crippen molar-refractivity contribution in [3.8, 4) is 11.4 Å². The Bertz CT molecular complexity index is 947. The summed E-state index contributed by atoms with van der Waals surface area (Å²) in [6.07, 6.45) is 3.79. The van der Waals surface area contributed by atoms with Crippen LogP contribution in [0.3, 0.4) is 0 Å². The average Bonchev–Trinajstić information content (AvgIpc) is 3.46. The number of nitrogens with zero attached hydrogens (tertiary/aromatic N) is 4. The second-order valence-electron chi connectivity index (χ2n) is 8.39. The first-order chi connectivity index (χ1) is 14.2. The summed E-state index contributed by atoms with van der Waals surface area (Å²) in [6.45, 7) is 4.54. The van der Waals surface area contributed by atoms with Crippen molar-refractivity contribution in [2.45, 2.75) is 12.6 Å². The lowest BCUT2D eigenvalue weighted by Crippen LogP contribution is -2.28. The van der Waals surface area contributed by atoms with Crippen molar-refractivity contribution >= 4 is 24.8 Å². The van der Waals surface area contributed by atoms with E-state index in [4.69, 9.17) is 4.74 Å². The van der Waals surface area contributed by atoms with E-state index >= 15 is 0 Å². The number of likely N-dealkylation sites (tertiary alicyclic amines) is 2. The fraction of sp³-hybridized carbons (Fsp3) is 0.375. The number of hydrogen-bond acceptors (Lipinski definition) is 4. The summed E-state index contributed by atoms with van der Waals surface area (Å²) >= 11 is 0. The molecule has 0 saturated carbocycles. The smallest absolute Gasteiger partial charge is 0.118 e. The first-order valence-electron chi connectivity index (χ1n) is 10.4. The molecule has 2 aliphatic heterocycles. The maximum absolute atomic E-state index is 5.33. The van der Waals surface area contributed by atoms with E-state index < -0.39 is 0 Å². The van der Waals surface area contributed by atoms with Crippen LogP contribution in [-0.4, -0.2) is 53.4 Å². The van der Waals surface area contributed by atoms with E-state index in [1.807, 2.05) is 23.1 Å². The molecule has 2 aromatic carbocycles. The van der Waals surface area contributed by atoms with Gasteiger partial charge in [-0.15, -0.1) is 24.8 Å². The molecule has 2 aliphatic rings. The summed E-state index contributed by atoms with van der Waals surface area (Å²) < 4.78 is 7.24. The minimum Gasteiger partial charge on any atom is -0.497 e. The molecule has 5 nitrogen and oxygen atoms in total. The molecule has 0 unspecified atom stereocenters. The second kappa shape index (κ2) is 10.0. The zero-order valence-electron chi connectivity index (χ0n) is 17.9. The third-order valence-corrected chi connectivity index (χ3v) is 6.54. The average molecular weight is 461 g/mol. The molecule has 2 saturated heterocycles. The highest BCUT2D eigenvalue weighted by molar-refractivity contribution is 5.85. The molecule has 3 heterocycles. The topological polar surface area (TPSA) is 33.5 Å². The molecule has 0 aliphatic carbocycles. The lowest BCUT2D eigenvalue weighted by Gasteiger charge is -2.27. The maximum Gasteiger partial charge on any atom is 0.118 e. The predicted molar refractivity (Wildman–Crippen MR) is 129 cm³/mol. The van der Waals surface area contributed by atoms with Gasteiger partial charge in [-0.3, -0.25) is 9.80 Å². The van der Waals surface area contributed by atoms with Gasteiger partial charge in [-0.2, -0.15) is 5.10 Å². The number of hydrogen-bond donors (Lipinski definition) is 0. The van der Waals surface area contributed by atoms with Gasteiger partial charge in [0.2, 0.25) is 0 Å². The minimum atomic E-state index is 0. The van der Waals surface area contributed by atoms with Gasteiger partial charge in [-0.1, -0.05) is 24.3 Å². The Morgan fingerprint density at radius 3 is 2.35 bits per heavy atom. The SMILES string of the molecule is COc1ccc([C@@H]2[C@@H]3CN(Cc4ccc(-n5cccn5)cc4)C[C@@H]3CN2C)cc1.Cl.Cl. The molecular weight excluding hydrogens is 431 g/mol. The van der Waals surface area contributed by atoms with Crippen LogP contribution in [0.1, 0.15) is 17.2 Å². The van der Waals surface area contributed by atoms with E-state index in [9.17, 15) is 0 Å². The van der Waals surface area contributed by atoms with Gasteiger partial charge in [0.1, 0.15) is 5.75 Å². The molecule has 3 atom stereocenters.